The topological polar surface area (TPSA) is 70.4 Å². The van der Waals surface area contributed by atoms with Gasteiger partial charge in [-0.2, -0.15) is 4.98 Å². The summed E-state index contributed by atoms with van der Waals surface area (Å²) in [5.41, 5.74) is 2.76. The van der Waals surface area contributed by atoms with Crippen molar-refractivity contribution in [3.63, 3.8) is 0 Å². The van der Waals surface area contributed by atoms with Crippen LogP contribution in [0.4, 0.5) is 11.7 Å². The fourth-order valence-corrected chi connectivity index (χ4v) is 3.89. The van der Waals surface area contributed by atoms with Crippen LogP contribution < -0.4 is 15.5 Å². The second-order valence-corrected chi connectivity index (χ2v) is 8.33. The molecule has 2 N–H and O–H groups in total. The van der Waals surface area contributed by atoms with Crippen LogP contribution in [0, 0.1) is 11.8 Å². The molecule has 0 radical (unpaired) electrons. The Morgan fingerprint density at radius 1 is 1.10 bits per heavy atom. The number of aromatic nitrogens is 1. The zero-order valence-corrected chi connectivity index (χ0v) is 17.7. The molecule has 1 aliphatic rings. The molecule has 6 heteroatoms. The van der Waals surface area contributed by atoms with Crippen LogP contribution >= 0.6 is 0 Å². The number of hydrogen-bond donors (Lipinski definition) is 2. The zero-order valence-electron chi connectivity index (χ0n) is 17.7. The van der Waals surface area contributed by atoms with Crippen molar-refractivity contribution < 1.29 is 9.21 Å². The Balaban J connectivity index is 1.28. The Kier molecular flexibility index (Phi) is 6.21. The number of benzene rings is 2. The molecule has 0 aliphatic carbocycles. The monoisotopic (exact) mass is 406 g/mol. The number of para-hydroxylation sites is 3. The molecule has 1 fully saturated rings. The maximum absolute atomic E-state index is 12.8. The predicted molar refractivity (Wildman–Crippen MR) is 121 cm³/mol. The van der Waals surface area contributed by atoms with Gasteiger partial charge in [0.15, 0.2) is 5.58 Å². The number of fused-ring (bicyclic) bond motifs is 1. The lowest BCUT2D eigenvalue weighted by Crippen LogP contribution is -2.45. The predicted octanol–water partition coefficient (Wildman–Crippen LogP) is 4.30. The van der Waals surface area contributed by atoms with Crippen LogP contribution in [0.15, 0.2) is 59.0 Å². The van der Waals surface area contributed by atoms with Gasteiger partial charge in [-0.15, -0.1) is 0 Å². The molecule has 30 heavy (non-hydrogen) atoms. The maximum atomic E-state index is 12.8. The minimum Gasteiger partial charge on any atom is -0.423 e. The Morgan fingerprint density at radius 3 is 2.50 bits per heavy atom. The molecule has 1 saturated heterocycles. The minimum atomic E-state index is 0.0372. The number of nitrogens with one attached hydrogen (secondary N) is 2. The third kappa shape index (κ3) is 4.75. The van der Waals surface area contributed by atoms with E-state index in [1.807, 2.05) is 42.5 Å². The molecule has 1 unspecified atom stereocenters. The first-order valence-corrected chi connectivity index (χ1v) is 10.8. The first-order chi connectivity index (χ1) is 14.6. The highest BCUT2D eigenvalue weighted by Gasteiger charge is 2.27. The van der Waals surface area contributed by atoms with Crippen LogP contribution in [-0.2, 0) is 4.79 Å². The van der Waals surface area contributed by atoms with Crippen molar-refractivity contribution in [3.05, 3.63) is 54.6 Å². The van der Waals surface area contributed by atoms with Crippen molar-refractivity contribution in [1.82, 2.24) is 10.3 Å². The molecule has 6 nitrogen and oxygen atoms in total. The number of carbonyl (C=O) groups excluding carboxylic acids is 1. The Hall–Kier alpha value is -3.02. The molecule has 1 aromatic heterocycles. The molecule has 1 amide bonds. The Bertz CT molecular complexity index is 929. The van der Waals surface area contributed by atoms with Crippen LogP contribution in [0.5, 0.6) is 0 Å². The fourth-order valence-electron chi connectivity index (χ4n) is 3.89. The van der Waals surface area contributed by atoms with Gasteiger partial charge >= 0.3 is 0 Å². The summed E-state index contributed by atoms with van der Waals surface area (Å²) in [6, 6.07) is 18.8. The summed E-state index contributed by atoms with van der Waals surface area (Å²) in [6.45, 7) is 6.52. The molecule has 0 spiro atoms. The highest BCUT2D eigenvalue weighted by molar-refractivity contribution is 5.79. The van der Waals surface area contributed by atoms with Gasteiger partial charge in [-0.3, -0.25) is 4.79 Å². The van der Waals surface area contributed by atoms with Gasteiger partial charge in [0.2, 0.25) is 5.91 Å². The summed E-state index contributed by atoms with van der Waals surface area (Å²) in [4.78, 5) is 19.5. The van der Waals surface area contributed by atoms with E-state index in [4.69, 9.17) is 4.42 Å². The SMILES string of the molecule is CC(C)C(CNC(=O)C1CCN(c2nc3ccccc3o2)CC1)Nc1ccccc1. The number of amides is 1. The highest BCUT2D eigenvalue weighted by Crippen LogP contribution is 2.26. The summed E-state index contributed by atoms with van der Waals surface area (Å²) in [5.74, 6) is 0.592. The lowest BCUT2D eigenvalue weighted by molar-refractivity contribution is -0.125. The number of rotatable bonds is 7. The quantitative estimate of drug-likeness (QED) is 0.612. The number of hydrogen-bond acceptors (Lipinski definition) is 5. The lowest BCUT2D eigenvalue weighted by Gasteiger charge is -2.31. The average Bonchev–Trinajstić information content (AvgIpc) is 3.21. The molecule has 0 bridgehead atoms. The van der Waals surface area contributed by atoms with E-state index >= 15 is 0 Å². The minimum absolute atomic E-state index is 0.0372. The average molecular weight is 407 g/mol. The van der Waals surface area contributed by atoms with Gasteiger partial charge in [-0.25, -0.2) is 0 Å². The fraction of sp³-hybridized carbons (Fsp3) is 0.417. The molecular formula is C24H30N4O2. The number of anilines is 2. The van der Waals surface area contributed by atoms with Crippen LogP contribution in [-0.4, -0.2) is 36.6 Å². The van der Waals surface area contributed by atoms with E-state index < -0.39 is 0 Å². The molecule has 158 valence electrons. The number of piperidine rings is 1. The standard InChI is InChI=1S/C24H30N4O2/c1-17(2)21(26-19-8-4-3-5-9-19)16-25-23(29)18-12-14-28(15-13-18)24-27-20-10-6-7-11-22(20)30-24/h3-11,17-18,21,26H,12-16H2,1-2H3,(H,25,29). The van der Waals surface area contributed by atoms with Gasteiger partial charge in [0.05, 0.1) is 0 Å². The van der Waals surface area contributed by atoms with Crippen LogP contribution in [0.3, 0.4) is 0 Å². The lowest BCUT2D eigenvalue weighted by atomic mass is 9.95. The first-order valence-electron chi connectivity index (χ1n) is 10.8. The van der Waals surface area contributed by atoms with Gasteiger partial charge in [-0.1, -0.05) is 44.2 Å². The second kappa shape index (κ2) is 9.20. The molecular weight excluding hydrogens is 376 g/mol. The summed E-state index contributed by atoms with van der Waals surface area (Å²) in [5, 5.41) is 6.71. The zero-order chi connectivity index (χ0) is 20.9. The van der Waals surface area contributed by atoms with Gasteiger partial charge in [0.1, 0.15) is 5.52 Å². The van der Waals surface area contributed by atoms with Crippen molar-refractivity contribution in [1.29, 1.82) is 0 Å². The summed E-state index contributed by atoms with van der Waals surface area (Å²) >= 11 is 0. The summed E-state index contributed by atoms with van der Waals surface area (Å²) < 4.78 is 5.87. The molecule has 1 atom stereocenters. The van der Waals surface area contributed by atoms with E-state index in [2.05, 4.69) is 46.5 Å². The van der Waals surface area contributed by atoms with E-state index in [1.54, 1.807) is 0 Å². The molecule has 1 aliphatic heterocycles. The second-order valence-electron chi connectivity index (χ2n) is 8.33. The van der Waals surface area contributed by atoms with Crippen molar-refractivity contribution in [2.75, 3.05) is 29.9 Å². The van der Waals surface area contributed by atoms with E-state index in [0.29, 0.717) is 18.5 Å². The van der Waals surface area contributed by atoms with E-state index in [0.717, 1.165) is 42.7 Å². The van der Waals surface area contributed by atoms with Crippen LogP contribution in [0.1, 0.15) is 26.7 Å². The smallest absolute Gasteiger partial charge is 0.298 e. The Morgan fingerprint density at radius 2 is 1.80 bits per heavy atom. The third-order valence-electron chi connectivity index (χ3n) is 5.85. The molecule has 3 aromatic rings. The Labute approximate surface area is 177 Å². The molecule has 2 heterocycles. The first kappa shape index (κ1) is 20.3. The maximum Gasteiger partial charge on any atom is 0.298 e. The molecule has 2 aromatic carbocycles. The van der Waals surface area contributed by atoms with Gasteiger partial charge in [0.25, 0.3) is 6.01 Å². The van der Waals surface area contributed by atoms with E-state index in [-0.39, 0.29) is 17.9 Å². The number of nitrogens with zero attached hydrogens (tertiary/aromatic N) is 2. The van der Waals surface area contributed by atoms with Gasteiger partial charge in [-0.05, 0) is 43.0 Å². The largest absolute Gasteiger partial charge is 0.423 e. The van der Waals surface area contributed by atoms with Crippen LogP contribution in [0.2, 0.25) is 0 Å². The van der Waals surface area contributed by atoms with E-state index in [9.17, 15) is 4.79 Å². The summed E-state index contributed by atoms with van der Waals surface area (Å²) in [6.07, 6.45) is 1.62. The van der Waals surface area contributed by atoms with Gasteiger partial charge < -0.3 is 20.0 Å². The third-order valence-corrected chi connectivity index (χ3v) is 5.85. The molecule has 0 saturated carbocycles. The molecule has 4 rings (SSSR count). The summed E-state index contributed by atoms with van der Waals surface area (Å²) in [7, 11) is 0. The van der Waals surface area contributed by atoms with Crippen molar-refractivity contribution >= 4 is 28.7 Å². The number of oxazole rings is 1. The normalized spacial score (nSPS) is 16.0. The van der Waals surface area contributed by atoms with Crippen molar-refractivity contribution in [2.45, 2.75) is 32.7 Å². The van der Waals surface area contributed by atoms with Gasteiger partial charge in [0, 0.05) is 37.3 Å². The van der Waals surface area contributed by atoms with Crippen LogP contribution in [0.25, 0.3) is 11.1 Å². The van der Waals surface area contributed by atoms with E-state index in [1.165, 1.54) is 0 Å². The van der Waals surface area contributed by atoms with Crippen molar-refractivity contribution in [2.24, 2.45) is 11.8 Å². The number of carbonyl (C=O) groups is 1. The highest BCUT2D eigenvalue weighted by atomic mass is 16.4. The van der Waals surface area contributed by atoms with Crippen molar-refractivity contribution in [3.8, 4) is 0 Å².